The quantitative estimate of drug-likeness (QED) is 0.828. The molecule has 0 heterocycles. The number of nitrogens with two attached hydrogens (primary N) is 1. The van der Waals surface area contributed by atoms with Gasteiger partial charge in [0.05, 0.1) is 13.0 Å². The van der Waals surface area contributed by atoms with Gasteiger partial charge in [-0.2, -0.15) is 0 Å². The summed E-state index contributed by atoms with van der Waals surface area (Å²) in [5, 5.41) is 0. The summed E-state index contributed by atoms with van der Waals surface area (Å²) in [7, 11) is 0. The molecule has 0 bridgehead atoms. The maximum Gasteiger partial charge on any atom is 0.307 e. The molecular weight excluding hydrogens is 262 g/mol. The minimum absolute atomic E-state index is 0.214. The van der Waals surface area contributed by atoms with Gasteiger partial charge < -0.3 is 10.5 Å². The summed E-state index contributed by atoms with van der Waals surface area (Å²) < 4.78 is 4.92. The zero-order valence-corrected chi connectivity index (χ0v) is 12.3. The molecule has 0 aromatic heterocycles. The molecule has 21 heavy (non-hydrogen) atoms. The van der Waals surface area contributed by atoms with Gasteiger partial charge in [-0.05, 0) is 30.0 Å². The van der Waals surface area contributed by atoms with Gasteiger partial charge in [0.2, 0.25) is 0 Å². The first-order valence-corrected chi connectivity index (χ1v) is 7.23. The average Bonchev–Trinajstić information content (AvgIpc) is 2.49. The van der Waals surface area contributed by atoms with E-state index in [4.69, 9.17) is 10.5 Å². The number of carbonyl (C=O) groups is 1. The second-order valence-corrected chi connectivity index (χ2v) is 5.02. The summed E-state index contributed by atoms with van der Waals surface area (Å²) in [6.07, 6.45) is 1.11. The normalized spacial score (nSPS) is 11.9. The molecule has 2 aromatic carbocycles. The summed E-state index contributed by atoms with van der Waals surface area (Å²) in [4.78, 5) is 11.4. The van der Waals surface area contributed by atoms with Gasteiger partial charge in [-0.15, -0.1) is 0 Å². The van der Waals surface area contributed by atoms with Crippen molar-refractivity contribution in [3.63, 3.8) is 0 Å². The molecular formula is C18H21NO2. The number of carbonyl (C=O) groups excluding carboxylic acids is 1. The Morgan fingerprint density at radius 1 is 1.05 bits per heavy atom. The summed E-state index contributed by atoms with van der Waals surface area (Å²) in [6.45, 7) is 2.18. The monoisotopic (exact) mass is 283 g/mol. The van der Waals surface area contributed by atoms with Crippen LogP contribution in [0.25, 0.3) is 0 Å². The SMILES string of the molecule is CCOC(=O)C[C@H](N)c1ccc(Cc2ccccc2)cc1. The highest BCUT2D eigenvalue weighted by Gasteiger charge is 2.12. The summed E-state index contributed by atoms with van der Waals surface area (Å²) in [5.74, 6) is -0.252. The fourth-order valence-corrected chi connectivity index (χ4v) is 2.23. The highest BCUT2D eigenvalue weighted by atomic mass is 16.5. The van der Waals surface area contributed by atoms with E-state index < -0.39 is 0 Å². The maximum atomic E-state index is 11.4. The molecule has 0 aliphatic rings. The Labute approximate surface area is 125 Å². The smallest absolute Gasteiger partial charge is 0.307 e. The topological polar surface area (TPSA) is 52.3 Å². The van der Waals surface area contributed by atoms with E-state index in [2.05, 4.69) is 24.3 Å². The Kier molecular flexibility index (Phi) is 5.52. The van der Waals surface area contributed by atoms with Crippen LogP contribution in [-0.2, 0) is 16.0 Å². The Bertz CT molecular complexity index is 564. The number of rotatable bonds is 6. The maximum absolute atomic E-state index is 11.4. The lowest BCUT2D eigenvalue weighted by atomic mass is 10.00. The first-order valence-electron chi connectivity index (χ1n) is 7.23. The van der Waals surface area contributed by atoms with E-state index >= 15 is 0 Å². The fourth-order valence-electron chi connectivity index (χ4n) is 2.23. The summed E-state index contributed by atoms with van der Waals surface area (Å²) in [6, 6.07) is 18.1. The van der Waals surface area contributed by atoms with Crippen molar-refractivity contribution in [2.45, 2.75) is 25.8 Å². The lowest BCUT2D eigenvalue weighted by molar-refractivity contribution is -0.143. The molecule has 0 radical (unpaired) electrons. The lowest BCUT2D eigenvalue weighted by Gasteiger charge is -2.12. The number of hydrogen-bond acceptors (Lipinski definition) is 3. The van der Waals surface area contributed by atoms with Gasteiger partial charge >= 0.3 is 5.97 Å². The van der Waals surface area contributed by atoms with Crippen LogP contribution in [0, 0.1) is 0 Å². The summed E-state index contributed by atoms with van der Waals surface area (Å²) >= 11 is 0. The van der Waals surface area contributed by atoms with E-state index in [0.29, 0.717) is 6.61 Å². The van der Waals surface area contributed by atoms with E-state index in [1.807, 2.05) is 30.3 Å². The van der Waals surface area contributed by atoms with Crippen LogP contribution in [0.4, 0.5) is 0 Å². The molecule has 0 aliphatic heterocycles. The van der Waals surface area contributed by atoms with Gasteiger partial charge in [0, 0.05) is 6.04 Å². The molecule has 2 rings (SSSR count). The average molecular weight is 283 g/mol. The molecule has 3 heteroatoms. The molecule has 0 amide bonds. The fraction of sp³-hybridized carbons (Fsp3) is 0.278. The van der Waals surface area contributed by atoms with Crippen LogP contribution in [0.2, 0.25) is 0 Å². The molecule has 0 aliphatic carbocycles. The molecule has 0 saturated carbocycles. The van der Waals surface area contributed by atoms with Gasteiger partial charge in [0.1, 0.15) is 0 Å². The zero-order chi connectivity index (χ0) is 15.1. The van der Waals surface area contributed by atoms with E-state index in [9.17, 15) is 4.79 Å². The Morgan fingerprint density at radius 2 is 1.67 bits per heavy atom. The van der Waals surface area contributed by atoms with Crippen molar-refractivity contribution in [2.75, 3.05) is 6.61 Å². The minimum atomic E-state index is -0.310. The van der Waals surface area contributed by atoms with Crippen LogP contribution >= 0.6 is 0 Å². The first-order chi connectivity index (χ1) is 10.2. The van der Waals surface area contributed by atoms with E-state index in [0.717, 1.165) is 12.0 Å². The summed E-state index contributed by atoms with van der Waals surface area (Å²) in [5.41, 5.74) is 9.49. The van der Waals surface area contributed by atoms with Gasteiger partial charge in [0.15, 0.2) is 0 Å². The van der Waals surface area contributed by atoms with Crippen molar-refractivity contribution >= 4 is 5.97 Å². The van der Waals surface area contributed by atoms with E-state index in [1.165, 1.54) is 11.1 Å². The Hall–Kier alpha value is -2.13. The number of ether oxygens (including phenoxy) is 1. The van der Waals surface area contributed by atoms with Crippen LogP contribution in [-0.4, -0.2) is 12.6 Å². The largest absolute Gasteiger partial charge is 0.466 e. The minimum Gasteiger partial charge on any atom is -0.466 e. The molecule has 1 atom stereocenters. The number of esters is 1. The molecule has 110 valence electrons. The van der Waals surface area contributed by atoms with Gasteiger partial charge in [-0.25, -0.2) is 0 Å². The predicted octanol–water partition coefficient (Wildman–Crippen LogP) is 3.23. The molecule has 2 N–H and O–H groups in total. The Balaban J connectivity index is 1.97. The van der Waals surface area contributed by atoms with Crippen LogP contribution in [0.5, 0.6) is 0 Å². The van der Waals surface area contributed by atoms with Crippen LogP contribution in [0.1, 0.15) is 36.1 Å². The third kappa shape index (κ3) is 4.72. The van der Waals surface area contributed by atoms with Crippen molar-refractivity contribution in [2.24, 2.45) is 5.73 Å². The van der Waals surface area contributed by atoms with Crippen molar-refractivity contribution in [3.8, 4) is 0 Å². The van der Waals surface area contributed by atoms with Crippen molar-refractivity contribution in [3.05, 3.63) is 71.3 Å². The number of hydrogen-bond donors (Lipinski definition) is 1. The third-order valence-electron chi connectivity index (χ3n) is 3.35. The van der Waals surface area contributed by atoms with E-state index in [-0.39, 0.29) is 18.4 Å². The molecule has 0 saturated heterocycles. The molecule has 2 aromatic rings. The van der Waals surface area contributed by atoms with Gasteiger partial charge in [0.25, 0.3) is 0 Å². The lowest BCUT2D eigenvalue weighted by Crippen LogP contribution is -2.17. The highest BCUT2D eigenvalue weighted by molar-refractivity contribution is 5.70. The predicted molar refractivity (Wildman–Crippen MR) is 83.9 cm³/mol. The highest BCUT2D eigenvalue weighted by Crippen LogP contribution is 2.17. The molecule has 0 spiro atoms. The second kappa shape index (κ2) is 7.60. The zero-order valence-electron chi connectivity index (χ0n) is 12.3. The molecule has 3 nitrogen and oxygen atoms in total. The van der Waals surface area contributed by atoms with Crippen molar-refractivity contribution < 1.29 is 9.53 Å². The third-order valence-corrected chi connectivity index (χ3v) is 3.35. The van der Waals surface area contributed by atoms with Crippen molar-refractivity contribution in [1.82, 2.24) is 0 Å². The number of benzene rings is 2. The first kappa shape index (κ1) is 15.3. The van der Waals surface area contributed by atoms with Gasteiger partial charge in [-0.3, -0.25) is 4.79 Å². The second-order valence-electron chi connectivity index (χ2n) is 5.02. The Morgan fingerprint density at radius 3 is 2.29 bits per heavy atom. The standard InChI is InChI=1S/C18H21NO2/c1-2-21-18(20)13-17(19)16-10-8-15(9-11-16)12-14-6-4-3-5-7-14/h3-11,17H,2,12-13,19H2,1H3/t17-/m0/s1. The van der Waals surface area contributed by atoms with Crippen LogP contribution in [0.15, 0.2) is 54.6 Å². The molecule has 0 fully saturated rings. The van der Waals surface area contributed by atoms with Crippen molar-refractivity contribution in [1.29, 1.82) is 0 Å². The van der Waals surface area contributed by atoms with Crippen LogP contribution in [0.3, 0.4) is 0 Å². The molecule has 0 unspecified atom stereocenters. The van der Waals surface area contributed by atoms with Gasteiger partial charge in [-0.1, -0.05) is 54.6 Å². The van der Waals surface area contributed by atoms with E-state index in [1.54, 1.807) is 6.92 Å². The van der Waals surface area contributed by atoms with Crippen LogP contribution < -0.4 is 5.73 Å².